The number of hydrogen-bond acceptors (Lipinski definition) is 2. The average Bonchev–Trinajstić information content (AvgIpc) is 2.09. The first-order valence-electron chi connectivity index (χ1n) is 4.26. The van der Waals surface area contributed by atoms with Gasteiger partial charge in [-0.1, -0.05) is 23.2 Å². The first-order chi connectivity index (χ1) is 6.50. The zero-order valence-electron chi connectivity index (χ0n) is 7.73. The average molecular weight is 237 g/mol. The molecule has 1 atom stereocenters. The van der Waals surface area contributed by atoms with Gasteiger partial charge < -0.3 is 5.73 Å². The Kier molecular flexibility index (Phi) is 4.11. The lowest BCUT2D eigenvalue weighted by Gasteiger charge is -2.06. The van der Waals surface area contributed by atoms with Crippen LogP contribution in [0.1, 0.15) is 18.9 Å². The Balaban J connectivity index is 2.82. The molecule has 0 unspecified atom stereocenters. The first kappa shape index (κ1) is 11.7. The lowest BCUT2D eigenvalue weighted by atomic mass is 10.1. The second kappa shape index (κ2) is 4.91. The number of nitrogens with zero attached hydrogens (tertiary/aromatic N) is 1. The Bertz CT molecular complexity index is 329. The molecule has 0 amide bonds. The number of hydrogen-bond donors (Lipinski definition) is 1. The van der Waals surface area contributed by atoms with Gasteiger partial charge in [-0.15, -0.1) is 0 Å². The highest BCUT2D eigenvalue weighted by Crippen LogP contribution is 2.21. The summed E-state index contributed by atoms with van der Waals surface area (Å²) >= 11 is 11.2. The summed E-state index contributed by atoms with van der Waals surface area (Å²) in [6.07, 6.45) is 1.35. The molecule has 5 heteroatoms. The van der Waals surface area contributed by atoms with Crippen molar-refractivity contribution in [2.75, 3.05) is 0 Å². The molecule has 1 aromatic rings. The summed E-state index contributed by atoms with van der Waals surface area (Å²) in [6.45, 7) is 1.88. The van der Waals surface area contributed by atoms with E-state index >= 15 is 0 Å². The Morgan fingerprint density at radius 2 is 2.14 bits per heavy atom. The molecule has 0 saturated heterocycles. The zero-order valence-corrected chi connectivity index (χ0v) is 9.24. The van der Waals surface area contributed by atoms with Crippen molar-refractivity contribution in [3.05, 3.63) is 27.8 Å². The van der Waals surface area contributed by atoms with Gasteiger partial charge in [0, 0.05) is 6.04 Å². The molecule has 1 heterocycles. The molecule has 0 aliphatic carbocycles. The van der Waals surface area contributed by atoms with Crippen LogP contribution in [0.25, 0.3) is 0 Å². The minimum Gasteiger partial charge on any atom is -0.328 e. The lowest BCUT2D eigenvalue weighted by molar-refractivity contribution is 0.613. The number of rotatable bonds is 3. The van der Waals surface area contributed by atoms with Crippen molar-refractivity contribution in [1.82, 2.24) is 4.98 Å². The highest BCUT2D eigenvalue weighted by molar-refractivity contribution is 6.32. The maximum absolute atomic E-state index is 13.0. The summed E-state index contributed by atoms with van der Waals surface area (Å²) in [4.78, 5) is 3.67. The van der Waals surface area contributed by atoms with Crippen LogP contribution in [0.4, 0.5) is 4.39 Å². The molecule has 0 saturated carbocycles. The lowest BCUT2D eigenvalue weighted by Crippen LogP contribution is -2.15. The van der Waals surface area contributed by atoms with Gasteiger partial charge in [0.05, 0.1) is 0 Å². The summed E-state index contributed by atoms with van der Waals surface area (Å²) in [6, 6.07) is 1.37. The molecule has 2 N–H and O–H groups in total. The largest absolute Gasteiger partial charge is 0.328 e. The Hall–Kier alpha value is -0.380. The van der Waals surface area contributed by atoms with Crippen molar-refractivity contribution in [3.63, 3.8) is 0 Å². The fourth-order valence-corrected chi connectivity index (χ4v) is 1.46. The van der Waals surface area contributed by atoms with Gasteiger partial charge in [0.1, 0.15) is 5.15 Å². The van der Waals surface area contributed by atoms with Crippen molar-refractivity contribution in [3.8, 4) is 0 Å². The topological polar surface area (TPSA) is 38.9 Å². The third kappa shape index (κ3) is 3.08. The van der Waals surface area contributed by atoms with E-state index in [1.54, 1.807) is 0 Å². The molecule has 78 valence electrons. The number of nitrogens with two attached hydrogens (primary N) is 1. The van der Waals surface area contributed by atoms with E-state index in [1.807, 2.05) is 6.92 Å². The molecule has 0 radical (unpaired) electrons. The maximum atomic E-state index is 13.0. The number of halogens is 3. The van der Waals surface area contributed by atoms with E-state index in [9.17, 15) is 4.39 Å². The van der Waals surface area contributed by atoms with Crippen LogP contribution >= 0.6 is 23.2 Å². The van der Waals surface area contributed by atoms with Gasteiger partial charge >= 0.3 is 0 Å². The van der Waals surface area contributed by atoms with Crippen LogP contribution in [0.5, 0.6) is 0 Å². The fourth-order valence-electron chi connectivity index (χ4n) is 1.04. The second-order valence-electron chi connectivity index (χ2n) is 3.23. The standard InChI is InChI=1S/C9H11Cl2FN2/c1-5(13)2-3-6-4-7(12)9(11)14-8(6)10/h4-5H,2-3,13H2,1H3/t5-/m1/s1. The van der Waals surface area contributed by atoms with Crippen LogP contribution in [0, 0.1) is 5.82 Å². The Morgan fingerprint density at radius 3 is 2.71 bits per heavy atom. The van der Waals surface area contributed by atoms with Crippen molar-refractivity contribution >= 4 is 23.2 Å². The molecular weight excluding hydrogens is 226 g/mol. The minimum absolute atomic E-state index is 0.0600. The Morgan fingerprint density at radius 1 is 1.50 bits per heavy atom. The van der Waals surface area contributed by atoms with E-state index < -0.39 is 5.82 Å². The molecule has 0 fully saturated rings. The molecule has 0 aliphatic rings. The molecule has 1 aromatic heterocycles. The first-order valence-corrected chi connectivity index (χ1v) is 5.02. The molecule has 2 nitrogen and oxygen atoms in total. The zero-order chi connectivity index (χ0) is 10.7. The van der Waals surface area contributed by atoms with Crippen molar-refractivity contribution in [1.29, 1.82) is 0 Å². The molecule has 0 bridgehead atoms. The highest BCUT2D eigenvalue weighted by Gasteiger charge is 2.09. The molecular formula is C9H11Cl2FN2. The molecule has 0 aromatic carbocycles. The van der Waals surface area contributed by atoms with Crippen molar-refractivity contribution < 1.29 is 4.39 Å². The van der Waals surface area contributed by atoms with E-state index in [0.29, 0.717) is 12.0 Å². The van der Waals surface area contributed by atoms with Gasteiger partial charge in [-0.3, -0.25) is 0 Å². The van der Waals surface area contributed by atoms with Crippen LogP contribution in [0.15, 0.2) is 6.07 Å². The van der Waals surface area contributed by atoms with E-state index in [2.05, 4.69) is 4.98 Å². The van der Waals surface area contributed by atoms with Crippen LogP contribution in [0.2, 0.25) is 10.3 Å². The van der Waals surface area contributed by atoms with Crippen LogP contribution in [-0.2, 0) is 6.42 Å². The van der Waals surface area contributed by atoms with E-state index in [4.69, 9.17) is 28.9 Å². The summed E-state index contributed by atoms with van der Waals surface area (Å²) < 4.78 is 13.0. The van der Waals surface area contributed by atoms with E-state index in [1.165, 1.54) is 6.07 Å². The molecule has 1 rings (SSSR count). The summed E-state index contributed by atoms with van der Waals surface area (Å²) in [7, 11) is 0. The third-order valence-electron chi connectivity index (χ3n) is 1.83. The minimum atomic E-state index is -0.546. The number of pyridine rings is 1. The maximum Gasteiger partial charge on any atom is 0.166 e. The monoisotopic (exact) mass is 236 g/mol. The molecule has 0 aliphatic heterocycles. The highest BCUT2D eigenvalue weighted by atomic mass is 35.5. The van der Waals surface area contributed by atoms with Crippen LogP contribution in [-0.4, -0.2) is 11.0 Å². The third-order valence-corrected chi connectivity index (χ3v) is 2.42. The summed E-state index contributed by atoms with van der Waals surface area (Å²) in [5.41, 5.74) is 6.22. The van der Waals surface area contributed by atoms with Gasteiger partial charge in [0.2, 0.25) is 0 Å². The van der Waals surface area contributed by atoms with Crippen molar-refractivity contribution in [2.24, 2.45) is 5.73 Å². The molecule has 0 spiro atoms. The Labute approximate surface area is 92.2 Å². The van der Waals surface area contributed by atoms with Crippen molar-refractivity contribution in [2.45, 2.75) is 25.8 Å². The predicted octanol–water partition coefficient (Wildman–Crippen LogP) is 2.81. The second-order valence-corrected chi connectivity index (χ2v) is 3.94. The quantitative estimate of drug-likeness (QED) is 0.821. The van der Waals surface area contributed by atoms with E-state index in [-0.39, 0.29) is 16.3 Å². The number of aryl methyl sites for hydroxylation is 1. The SMILES string of the molecule is C[C@@H](N)CCc1cc(F)c(Cl)nc1Cl. The van der Waals surface area contributed by atoms with Crippen LogP contribution < -0.4 is 5.73 Å². The van der Waals surface area contributed by atoms with Gasteiger partial charge in [0.15, 0.2) is 11.0 Å². The predicted molar refractivity (Wildman–Crippen MR) is 56.2 cm³/mol. The fraction of sp³-hybridized carbons (Fsp3) is 0.444. The normalized spacial score (nSPS) is 12.9. The number of aromatic nitrogens is 1. The summed E-state index contributed by atoms with van der Waals surface area (Å²) in [5.74, 6) is -0.546. The summed E-state index contributed by atoms with van der Waals surface area (Å²) in [5, 5.41) is 0.0524. The van der Waals surface area contributed by atoms with Gasteiger partial charge in [0.25, 0.3) is 0 Å². The van der Waals surface area contributed by atoms with E-state index in [0.717, 1.165) is 6.42 Å². The van der Waals surface area contributed by atoms with Crippen LogP contribution in [0.3, 0.4) is 0 Å². The smallest absolute Gasteiger partial charge is 0.166 e. The molecule has 14 heavy (non-hydrogen) atoms. The van der Waals surface area contributed by atoms with Gasteiger partial charge in [-0.2, -0.15) is 0 Å². The van der Waals surface area contributed by atoms with Gasteiger partial charge in [-0.25, -0.2) is 9.37 Å². The van der Waals surface area contributed by atoms with Gasteiger partial charge in [-0.05, 0) is 31.4 Å².